The lowest BCUT2D eigenvalue weighted by Gasteiger charge is -2.04. The minimum Gasteiger partial charge on any atom is -0.497 e. The van der Waals surface area contributed by atoms with Crippen molar-refractivity contribution in [2.24, 2.45) is 0 Å². The number of hydrogen-bond donors (Lipinski definition) is 1. The van der Waals surface area contributed by atoms with E-state index >= 15 is 0 Å². The molecule has 2 aromatic carbocycles. The molecule has 0 spiro atoms. The number of H-pyrrole nitrogens is 1. The third-order valence-corrected chi connectivity index (χ3v) is 4.67. The number of aromatic amines is 1. The highest BCUT2D eigenvalue weighted by Crippen LogP contribution is 2.33. The molecule has 0 aliphatic carbocycles. The molecule has 0 atom stereocenters. The van der Waals surface area contributed by atoms with Gasteiger partial charge in [0.1, 0.15) is 17.1 Å². The van der Waals surface area contributed by atoms with Crippen LogP contribution < -0.4 is 4.74 Å². The average Bonchev–Trinajstić information content (AvgIpc) is 3.28. The van der Waals surface area contributed by atoms with E-state index in [1.54, 1.807) is 13.3 Å². The molecule has 6 nitrogen and oxygen atoms in total. The zero-order valence-electron chi connectivity index (χ0n) is 14.3. The van der Waals surface area contributed by atoms with Crippen LogP contribution in [-0.2, 0) is 0 Å². The lowest BCUT2D eigenvalue weighted by Crippen LogP contribution is -1.92. The monoisotopic (exact) mass is 375 g/mol. The van der Waals surface area contributed by atoms with Gasteiger partial charge in [-0.2, -0.15) is 0 Å². The van der Waals surface area contributed by atoms with Gasteiger partial charge in [-0.1, -0.05) is 11.6 Å². The number of benzene rings is 2. The van der Waals surface area contributed by atoms with Gasteiger partial charge in [0.15, 0.2) is 5.82 Å². The van der Waals surface area contributed by atoms with Crippen LogP contribution in [0.25, 0.3) is 39.6 Å². The van der Waals surface area contributed by atoms with Gasteiger partial charge in [-0.15, -0.1) is 0 Å². The number of nitrogens with zero attached hydrogens (tertiary/aromatic N) is 4. The fourth-order valence-corrected chi connectivity index (χ4v) is 3.33. The normalized spacial score (nSPS) is 11.3. The molecule has 0 saturated carbocycles. The highest BCUT2D eigenvalue weighted by atomic mass is 35.5. The van der Waals surface area contributed by atoms with Crippen molar-refractivity contribution in [3.63, 3.8) is 0 Å². The Balaban J connectivity index is 1.78. The third-order valence-electron chi connectivity index (χ3n) is 4.44. The van der Waals surface area contributed by atoms with Gasteiger partial charge in [0.05, 0.1) is 18.1 Å². The Labute approximate surface area is 159 Å². The Morgan fingerprint density at radius 3 is 2.74 bits per heavy atom. The van der Waals surface area contributed by atoms with E-state index in [4.69, 9.17) is 26.3 Å². The molecule has 0 radical (unpaired) electrons. The van der Waals surface area contributed by atoms with Crippen molar-refractivity contribution in [3.05, 3.63) is 65.9 Å². The maximum absolute atomic E-state index is 6.12. The number of imidazole rings is 2. The second-order valence-electron chi connectivity index (χ2n) is 6.07. The number of ether oxygens (including phenoxy) is 1. The van der Waals surface area contributed by atoms with Crippen molar-refractivity contribution in [1.82, 2.24) is 24.3 Å². The molecular weight excluding hydrogens is 362 g/mol. The predicted molar refractivity (Wildman–Crippen MR) is 105 cm³/mol. The van der Waals surface area contributed by atoms with Crippen LogP contribution in [0.1, 0.15) is 0 Å². The van der Waals surface area contributed by atoms with Gasteiger partial charge in [0, 0.05) is 23.0 Å². The van der Waals surface area contributed by atoms with Crippen LogP contribution in [0.3, 0.4) is 0 Å². The summed E-state index contributed by atoms with van der Waals surface area (Å²) in [4.78, 5) is 17.2. The van der Waals surface area contributed by atoms with Crippen molar-refractivity contribution in [2.45, 2.75) is 0 Å². The maximum atomic E-state index is 6.12. The number of fused-ring (bicyclic) bond motifs is 2. The molecule has 0 bridgehead atoms. The second-order valence-corrected chi connectivity index (χ2v) is 6.51. The molecule has 3 aromatic heterocycles. The van der Waals surface area contributed by atoms with Crippen LogP contribution in [0, 0.1) is 0 Å². The van der Waals surface area contributed by atoms with Gasteiger partial charge in [-0.3, -0.25) is 4.40 Å². The summed E-state index contributed by atoms with van der Waals surface area (Å²) in [5.41, 5.74) is 4.30. The van der Waals surface area contributed by atoms with Gasteiger partial charge in [-0.05, 0) is 48.5 Å². The van der Waals surface area contributed by atoms with Gasteiger partial charge in [-0.25, -0.2) is 15.0 Å². The van der Waals surface area contributed by atoms with E-state index in [-0.39, 0.29) is 0 Å². The van der Waals surface area contributed by atoms with Gasteiger partial charge in [0.2, 0.25) is 5.78 Å². The number of halogens is 1. The van der Waals surface area contributed by atoms with Crippen molar-refractivity contribution in [1.29, 1.82) is 0 Å². The number of aromatic nitrogens is 5. The lowest BCUT2D eigenvalue weighted by atomic mass is 10.1. The summed E-state index contributed by atoms with van der Waals surface area (Å²) in [5.74, 6) is 2.11. The molecule has 27 heavy (non-hydrogen) atoms. The van der Waals surface area contributed by atoms with Crippen LogP contribution in [0.15, 0.2) is 60.9 Å². The first-order valence-corrected chi connectivity index (χ1v) is 8.74. The van der Waals surface area contributed by atoms with Gasteiger partial charge < -0.3 is 9.72 Å². The van der Waals surface area contributed by atoms with Gasteiger partial charge in [0.25, 0.3) is 0 Å². The van der Waals surface area contributed by atoms with Crippen molar-refractivity contribution in [2.75, 3.05) is 7.11 Å². The zero-order chi connectivity index (χ0) is 18.4. The van der Waals surface area contributed by atoms with E-state index in [2.05, 4.69) is 9.97 Å². The molecule has 7 heteroatoms. The smallest absolute Gasteiger partial charge is 0.234 e. The highest BCUT2D eigenvalue weighted by Gasteiger charge is 2.19. The molecule has 0 aliphatic rings. The predicted octanol–water partition coefficient (Wildman–Crippen LogP) is 4.60. The molecular formula is C20H14ClN5O. The summed E-state index contributed by atoms with van der Waals surface area (Å²) >= 11 is 6.12. The first-order chi connectivity index (χ1) is 13.2. The molecule has 3 heterocycles. The molecule has 0 aliphatic heterocycles. The summed E-state index contributed by atoms with van der Waals surface area (Å²) in [6.45, 7) is 0. The summed E-state index contributed by atoms with van der Waals surface area (Å²) < 4.78 is 7.19. The van der Waals surface area contributed by atoms with Crippen LogP contribution in [0.4, 0.5) is 0 Å². The average molecular weight is 376 g/mol. The Morgan fingerprint density at radius 1 is 1.07 bits per heavy atom. The standard InChI is InChI=1S/C20H14ClN5O/c1-27-14-6-3-12(4-7-14)17-18(26-10-2-9-22-20(26)25-17)19-23-15-8-5-13(21)11-16(15)24-19/h2-11H,1H3,(H,23,24). The van der Waals surface area contributed by atoms with Crippen molar-refractivity contribution in [3.8, 4) is 28.5 Å². The fourth-order valence-electron chi connectivity index (χ4n) is 3.16. The third kappa shape index (κ3) is 2.62. The Hall–Kier alpha value is -3.38. The van der Waals surface area contributed by atoms with Gasteiger partial charge >= 0.3 is 0 Å². The molecule has 132 valence electrons. The summed E-state index contributed by atoms with van der Waals surface area (Å²) in [7, 11) is 1.65. The largest absolute Gasteiger partial charge is 0.497 e. The molecule has 1 N–H and O–H groups in total. The van der Waals surface area contributed by atoms with Crippen molar-refractivity contribution < 1.29 is 4.74 Å². The Bertz CT molecular complexity index is 1270. The highest BCUT2D eigenvalue weighted by molar-refractivity contribution is 6.31. The topological polar surface area (TPSA) is 68.1 Å². The van der Waals surface area contributed by atoms with E-state index in [0.29, 0.717) is 16.6 Å². The summed E-state index contributed by atoms with van der Waals surface area (Å²) in [6, 6.07) is 15.2. The van der Waals surface area contributed by atoms with Crippen molar-refractivity contribution >= 4 is 28.4 Å². The molecule has 5 aromatic rings. The van der Waals surface area contributed by atoms with Crippen LogP contribution in [0.2, 0.25) is 5.02 Å². The Kier molecular flexibility index (Phi) is 3.58. The summed E-state index contributed by atoms with van der Waals surface area (Å²) in [5, 5.41) is 0.660. The van der Waals surface area contributed by atoms with E-state index in [0.717, 1.165) is 33.7 Å². The molecule has 0 amide bonds. The van der Waals surface area contributed by atoms with E-state index in [9.17, 15) is 0 Å². The second kappa shape index (κ2) is 6.10. The molecule has 0 fully saturated rings. The SMILES string of the molecule is COc1ccc(-c2nc3ncccn3c2-c2nc3ccc(Cl)cc3[nH]2)cc1. The van der Waals surface area contributed by atoms with E-state index < -0.39 is 0 Å². The summed E-state index contributed by atoms with van der Waals surface area (Å²) in [6.07, 6.45) is 3.65. The number of hydrogen-bond acceptors (Lipinski definition) is 4. The van der Waals surface area contributed by atoms with Crippen LogP contribution in [-0.4, -0.2) is 31.4 Å². The molecule has 5 rings (SSSR count). The quantitative estimate of drug-likeness (QED) is 0.500. The first kappa shape index (κ1) is 15.8. The number of methoxy groups -OCH3 is 1. The fraction of sp³-hybridized carbons (Fsp3) is 0.0500. The molecule has 0 saturated heterocycles. The minimum atomic E-state index is 0.608. The number of rotatable bonds is 3. The van der Waals surface area contributed by atoms with E-state index in [1.807, 2.05) is 59.1 Å². The minimum absolute atomic E-state index is 0.608. The maximum Gasteiger partial charge on any atom is 0.234 e. The van der Waals surface area contributed by atoms with Crippen LogP contribution >= 0.6 is 11.6 Å². The zero-order valence-corrected chi connectivity index (χ0v) is 15.1. The molecule has 0 unspecified atom stereocenters. The van der Waals surface area contributed by atoms with E-state index in [1.165, 1.54) is 0 Å². The first-order valence-electron chi connectivity index (χ1n) is 8.36. The number of nitrogens with one attached hydrogen (secondary N) is 1. The van der Waals surface area contributed by atoms with Crippen LogP contribution in [0.5, 0.6) is 5.75 Å². The Morgan fingerprint density at radius 2 is 1.93 bits per heavy atom. The lowest BCUT2D eigenvalue weighted by molar-refractivity contribution is 0.415.